The van der Waals surface area contributed by atoms with E-state index >= 15 is 0 Å². The van der Waals surface area contributed by atoms with E-state index in [-0.39, 0.29) is 11.3 Å². The molecule has 0 saturated heterocycles. The summed E-state index contributed by atoms with van der Waals surface area (Å²) in [5, 5.41) is 12.9. The number of aromatic nitrogens is 1. The van der Waals surface area contributed by atoms with E-state index in [0.717, 1.165) is 38.2 Å². The molecule has 7 nitrogen and oxygen atoms in total. The number of aliphatic imine (C=N–C) groups is 1. The Morgan fingerprint density at radius 3 is 2.42 bits per heavy atom. The van der Waals surface area contributed by atoms with E-state index in [0.29, 0.717) is 34.6 Å². The van der Waals surface area contributed by atoms with Crippen LogP contribution in [0.3, 0.4) is 0 Å². The van der Waals surface area contributed by atoms with Crippen LogP contribution in [0.5, 0.6) is 0 Å². The van der Waals surface area contributed by atoms with Gasteiger partial charge in [0, 0.05) is 23.9 Å². The molecule has 0 fully saturated rings. The summed E-state index contributed by atoms with van der Waals surface area (Å²) >= 11 is 0. The lowest BCUT2D eigenvalue weighted by Crippen LogP contribution is -2.26. The fourth-order valence-electron chi connectivity index (χ4n) is 4.83. The number of fused-ring (bicyclic) bond motifs is 1. The summed E-state index contributed by atoms with van der Waals surface area (Å²) in [6.45, 7) is 9.23. The van der Waals surface area contributed by atoms with E-state index in [4.69, 9.17) is 0 Å². The molecule has 198 valence electrons. The molecule has 1 aliphatic rings. The highest BCUT2D eigenvalue weighted by molar-refractivity contribution is 6.06. The van der Waals surface area contributed by atoms with Crippen LogP contribution < -0.4 is 5.32 Å². The zero-order chi connectivity index (χ0) is 27.4. The van der Waals surface area contributed by atoms with Gasteiger partial charge in [-0.2, -0.15) is 0 Å². The molecular weight excluding hydrogens is 490 g/mol. The van der Waals surface area contributed by atoms with Gasteiger partial charge in [0.1, 0.15) is 23.4 Å². The average Bonchev–Trinajstić information content (AvgIpc) is 2.89. The van der Waals surface area contributed by atoms with Gasteiger partial charge in [0.15, 0.2) is 0 Å². The van der Waals surface area contributed by atoms with E-state index < -0.39 is 35.0 Å². The van der Waals surface area contributed by atoms with Crippen molar-refractivity contribution in [2.24, 2.45) is 4.99 Å². The monoisotopic (exact) mass is 520 g/mol. The first-order chi connectivity index (χ1) is 18.3. The van der Waals surface area contributed by atoms with Crippen molar-refractivity contribution in [3.63, 3.8) is 0 Å². The molecule has 0 radical (unpaired) electrons. The van der Waals surface area contributed by atoms with E-state index in [9.17, 15) is 23.5 Å². The number of carboxylic acid groups (broad SMARTS) is 1. The lowest BCUT2D eigenvalue weighted by molar-refractivity contribution is -0.118. The van der Waals surface area contributed by atoms with Crippen molar-refractivity contribution < 1.29 is 23.5 Å². The van der Waals surface area contributed by atoms with Gasteiger partial charge in [-0.3, -0.25) is 4.79 Å². The molecule has 2 aromatic carbocycles. The summed E-state index contributed by atoms with van der Waals surface area (Å²) in [5.74, 6) is -4.49. The van der Waals surface area contributed by atoms with Gasteiger partial charge in [-0.15, -0.1) is 0 Å². The topological polar surface area (TPSA) is 94.9 Å². The van der Waals surface area contributed by atoms with Crippen LogP contribution in [0.4, 0.5) is 14.6 Å². The molecule has 9 heteroatoms. The fourth-order valence-corrected chi connectivity index (χ4v) is 4.83. The summed E-state index contributed by atoms with van der Waals surface area (Å²) in [5.41, 5.74) is 1.98. The Kier molecular flexibility index (Phi) is 8.26. The van der Waals surface area contributed by atoms with Crippen LogP contribution in [0.25, 0.3) is 11.1 Å². The number of carboxylic acids is 1. The molecule has 0 aliphatic carbocycles. The van der Waals surface area contributed by atoms with Crippen molar-refractivity contribution in [1.82, 2.24) is 9.88 Å². The van der Waals surface area contributed by atoms with Gasteiger partial charge in [-0.25, -0.2) is 23.6 Å². The Bertz CT molecular complexity index is 1380. The highest BCUT2D eigenvalue weighted by Crippen LogP contribution is 2.39. The Labute approximate surface area is 220 Å². The highest BCUT2D eigenvalue weighted by Gasteiger charge is 2.35. The van der Waals surface area contributed by atoms with Gasteiger partial charge < -0.3 is 15.3 Å². The van der Waals surface area contributed by atoms with Crippen LogP contribution in [0.2, 0.25) is 0 Å². The molecule has 38 heavy (non-hydrogen) atoms. The maximum absolute atomic E-state index is 14.9. The number of hydrogen-bond acceptors (Lipinski definition) is 5. The van der Waals surface area contributed by atoms with E-state index in [1.165, 1.54) is 18.3 Å². The average molecular weight is 521 g/mol. The van der Waals surface area contributed by atoms with Crippen molar-refractivity contribution in [1.29, 1.82) is 0 Å². The van der Waals surface area contributed by atoms with Crippen LogP contribution in [0.15, 0.2) is 47.5 Å². The number of aromatic carboxylic acids is 1. The van der Waals surface area contributed by atoms with E-state index in [1.54, 1.807) is 25.1 Å². The molecule has 4 rings (SSSR count). The van der Waals surface area contributed by atoms with Crippen LogP contribution in [-0.2, 0) is 4.79 Å². The molecule has 2 N–H and O–H groups in total. The third-order valence-corrected chi connectivity index (χ3v) is 6.92. The third-order valence-electron chi connectivity index (χ3n) is 6.92. The predicted molar refractivity (Wildman–Crippen MR) is 143 cm³/mol. The lowest BCUT2D eigenvalue weighted by Gasteiger charge is -2.24. The van der Waals surface area contributed by atoms with Crippen molar-refractivity contribution in [2.45, 2.75) is 33.1 Å². The molecule has 2 heterocycles. The Morgan fingerprint density at radius 1 is 1.08 bits per heavy atom. The van der Waals surface area contributed by atoms with Gasteiger partial charge in [0.05, 0.1) is 11.3 Å². The molecule has 1 unspecified atom stereocenters. The van der Waals surface area contributed by atoms with Crippen LogP contribution in [-0.4, -0.2) is 59.3 Å². The number of benzene rings is 2. The van der Waals surface area contributed by atoms with Gasteiger partial charge in [0.2, 0.25) is 0 Å². The zero-order valence-corrected chi connectivity index (χ0v) is 21.6. The number of carbonyl (C=O) groups is 2. The molecular formula is C29H30F2N4O3. The number of rotatable bonds is 10. The summed E-state index contributed by atoms with van der Waals surface area (Å²) in [6, 6.07) is 10.1. The summed E-state index contributed by atoms with van der Waals surface area (Å²) in [4.78, 5) is 35.7. The van der Waals surface area contributed by atoms with Crippen LogP contribution in [0.1, 0.15) is 58.9 Å². The largest absolute Gasteiger partial charge is 0.478 e. The molecule has 1 aliphatic heterocycles. The van der Waals surface area contributed by atoms with E-state index in [2.05, 4.69) is 34.0 Å². The Morgan fingerprint density at radius 2 is 1.76 bits per heavy atom. The third kappa shape index (κ3) is 5.33. The second kappa shape index (κ2) is 11.6. The minimum Gasteiger partial charge on any atom is -0.478 e. The molecule has 1 aromatic heterocycles. The predicted octanol–water partition coefficient (Wildman–Crippen LogP) is 5.27. The second-order valence-electron chi connectivity index (χ2n) is 9.11. The first-order valence-corrected chi connectivity index (χ1v) is 12.6. The summed E-state index contributed by atoms with van der Waals surface area (Å²) in [6.07, 6.45) is 2.17. The van der Waals surface area contributed by atoms with Gasteiger partial charge in [-0.05, 0) is 73.9 Å². The standard InChI is InChI=1S/C29H30F2N4O3/c1-4-35(5-2)14-8-13-32-24-15-20(18-9-6-10-19(17(18)3)29(37)38)21-16-33-28(36)26(27(21)34-24)25-22(30)11-7-12-23(25)31/h6-7,9-12,15-16,26H,4-5,8,13-14H2,1-3H3,(H,32,34)(H,37,38). The minimum atomic E-state index is -1.38. The minimum absolute atomic E-state index is 0.127. The second-order valence-corrected chi connectivity index (χ2v) is 9.11. The maximum Gasteiger partial charge on any atom is 0.335 e. The van der Waals surface area contributed by atoms with Crippen LogP contribution in [0, 0.1) is 18.6 Å². The number of amides is 1. The first kappa shape index (κ1) is 27.1. The van der Waals surface area contributed by atoms with Gasteiger partial charge >= 0.3 is 5.97 Å². The molecule has 0 spiro atoms. The Balaban J connectivity index is 1.86. The van der Waals surface area contributed by atoms with Crippen molar-refractivity contribution in [3.8, 4) is 11.1 Å². The number of carbonyl (C=O) groups excluding carboxylic acids is 1. The van der Waals surface area contributed by atoms with Gasteiger partial charge in [0.25, 0.3) is 5.91 Å². The highest BCUT2D eigenvalue weighted by atomic mass is 19.1. The van der Waals surface area contributed by atoms with E-state index in [1.807, 2.05) is 0 Å². The number of hydrogen-bond donors (Lipinski definition) is 2. The van der Waals surface area contributed by atoms with Crippen molar-refractivity contribution in [2.75, 3.05) is 31.5 Å². The first-order valence-electron chi connectivity index (χ1n) is 12.6. The number of halogens is 2. The zero-order valence-electron chi connectivity index (χ0n) is 21.6. The van der Waals surface area contributed by atoms with Crippen LogP contribution >= 0.6 is 0 Å². The quantitative estimate of drug-likeness (QED) is 0.354. The SMILES string of the molecule is CCN(CC)CCCNc1cc(-c2cccc(C(=O)O)c2C)c2c(n1)C(c1c(F)cccc1F)C(=O)N=C2. The number of pyridine rings is 1. The molecule has 1 atom stereocenters. The summed E-state index contributed by atoms with van der Waals surface area (Å²) in [7, 11) is 0. The van der Waals surface area contributed by atoms with Crippen molar-refractivity contribution in [3.05, 3.63) is 82.0 Å². The number of anilines is 1. The van der Waals surface area contributed by atoms with Crippen molar-refractivity contribution >= 4 is 23.9 Å². The Hall–Kier alpha value is -3.98. The number of nitrogens with zero attached hydrogens (tertiary/aromatic N) is 3. The smallest absolute Gasteiger partial charge is 0.335 e. The fraction of sp³-hybridized carbons (Fsp3) is 0.310. The summed E-state index contributed by atoms with van der Waals surface area (Å²) < 4.78 is 29.7. The lowest BCUT2D eigenvalue weighted by atomic mass is 9.85. The number of nitrogens with one attached hydrogen (secondary N) is 1. The molecule has 0 saturated carbocycles. The molecule has 3 aromatic rings. The normalized spacial score (nSPS) is 14.6. The maximum atomic E-state index is 14.9. The molecule has 1 amide bonds. The van der Waals surface area contributed by atoms with Gasteiger partial charge in [-0.1, -0.05) is 32.0 Å². The molecule has 0 bridgehead atoms.